The van der Waals surface area contributed by atoms with Crippen LogP contribution in [0, 0.1) is 0 Å². The molecule has 2 aromatic carbocycles. The van der Waals surface area contributed by atoms with Crippen molar-refractivity contribution in [1.82, 2.24) is 14.9 Å². The molecule has 150 valence electrons. The number of hydrogen-bond donors (Lipinski definition) is 2. The van der Waals surface area contributed by atoms with Gasteiger partial charge in [0.15, 0.2) is 0 Å². The van der Waals surface area contributed by atoms with E-state index in [1.54, 1.807) is 41.3 Å². The van der Waals surface area contributed by atoms with Gasteiger partial charge in [0.2, 0.25) is 5.95 Å². The number of hydrogen-bond acceptors (Lipinski definition) is 5. The van der Waals surface area contributed by atoms with E-state index in [9.17, 15) is 4.79 Å². The number of amides is 2. The summed E-state index contributed by atoms with van der Waals surface area (Å²) in [5.41, 5.74) is 9.55. The molecule has 1 aromatic heterocycles. The van der Waals surface area contributed by atoms with E-state index in [0.29, 0.717) is 50.4 Å². The number of nitrogens with two attached hydrogens (primary N) is 1. The molecule has 2 amide bonds. The predicted octanol–water partition coefficient (Wildman–Crippen LogP) is 3.38. The Bertz CT molecular complexity index is 1140. The summed E-state index contributed by atoms with van der Waals surface area (Å²) in [6.07, 6.45) is 0. The van der Waals surface area contributed by atoms with Gasteiger partial charge in [0, 0.05) is 26.9 Å². The Morgan fingerprint density at radius 3 is 2.63 bits per heavy atom. The number of aromatic nitrogens is 2. The highest BCUT2D eigenvalue weighted by Crippen LogP contribution is 2.36. The van der Waals surface area contributed by atoms with E-state index in [1.807, 2.05) is 0 Å². The Labute approximate surface area is 184 Å². The summed E-state index contributed by atoms with van der Waals surface area (Å²) < 4.78 is 5.30. The smallest absolute Gasteiger partial charge is 0.322 e. The molecule has 3 N–H and O–H groups in total. The average molecular weight is 440 g/mol. The number of urea groups is 1. The van der Waals surface area contributed by atoms with E-state index in [-0.39, 0.29) is 18.5 Å². The van der Waals surface area contributed by atoms with Gasteiger partial charge >= 0.3 is 6.03 Å². The van der Waals surface area contributed by atoms with Gasteiger partial charge in [-0.1, -0.05) is 28.7 Å². The molecule has 0 fully saturated rings. The van der Waals surface area contributed by atoms with Crippen molar-refractivity contribution in [2.45, 2.75) is 13.1 Å². The first-order chi connectivity index (χ1) is 14.4. The molecule has 30 heavy (non-hydrogen) atoms. The van der Waals surface area contributed by atoms with Crippen LogP contribution in [0.4, 0.5) is 16.4 Å². The van der Waals surface area contributed by atoms with Crippen LogP contribution >= 0.6 is 23.2 Å². The number of nitrogens with one attached hydrogen (secondary N) is 1. The average Bonchev–Trinajstić information content (AvgIpc) is 3.13. The van der Waals surface area contributed by atoms with Crippen LogP contribution < -0.4 is 21.3 Å². The van der Waals surface area contributed by atoms with E-state index in [4.69, 9.17) is 41.5 Å². The van der Waals surface area contributed by atoms with Crippen molar-refractivity contribution >= 4 is 54.2 Å². The number of methoxy groups -OCH3 is 1. The van der Waals surface area contributed by atoms with Crippen molar-refractivity contribution in [1.29, 1.82) is 0 Å². The Balaban J connectivity index is 1.65. The molecule has 0 aliphatic carbocycles. The maximum absolute atomic E-state index is 12.8. The second kappa shape index (κ2) is 8.05. The van der Waals surface area contributed by atoms with Crippen molar-refractivity contribution in [3.63, 3.8) is 0 Å². The lowest BCUT2D eigenvalue weighted by atomic mass is 9.92. The van der Waals surface area contributed by atoms with Crippen LogP contribution in [0.15, 0.2) is 36.4 Å². The van der Waals surface area contributed by atoms with E-state index in [2.05, 4.69) is 15.3 Å². The minimum absolute atomic E-state index is 0.0931. The van der Waals surface area contributed by atoms with Gasteiger partial charge in [0.25, 0.3) is 0 Å². The van der Waals surface area contributed by atoms with Crippen LogP contribution in [-0.2, 0) is 13.1 Å². The van der Waals surface area contributed by atoms with Crippen LogP contribution in [-0.4, -0.2) is 35.9 Å². The molecule has 1 aliphatic rings. The quantitative estimate of drug-likeness (QED) is 0.610. The summed E-state index contributed by atoms with van der Waals surface area (Å²) in [6.45, 7) is 0.589. The highest BCUT2D eigenvalue weighted by molar-refractivity contribution is 6.39. The van der Waals surface area contributed by atoms with Crippen molar-refractivity contribution in [2.75, 3.05) is 18.2 Å². The van der Waals surface area contributed by atoms with Gasteiger partial charge in [0.1, 0.15) is 13.6 Å². The third-order valence-corrected chi connectivity index (χ3v) is 5.32. The normalized spacial score (nSPS) is 12.6. The number of nitrogens with zero attached hydrogens (tertiary/aromatic N) is 3. The number of rotatable bonds is 3. The third kappa shape index (κ3) is 3.88. The van der Waals surface area contributed by atoms with Gasteiger partial charge in [-0.05, 0) is 36.4 Å². The molecule has 10 heteroatoms. The van der Waals surface area contributed by atoms with E-state index in [0.717, 1.165) is 5.56 Å². The molecule has 0 saturated heterocycles. The largest absolute Gasteiger partial charge is 0.497 e. The molecule has 2 heterocycles. The molecule has 0 atom stereocenters. The van der Waals surface area contributed by atoms with Gasteiger partial charge in [-0.25, -0.2) is 14.8 Å². The minimum atomic E-state index is -0.277. The molecule has 0 saturated carbocycles. The van der Waals surface area contributed by atoms with E-state index < -0.39 is 0 Å². The SMILES string of the molecule is [B]c1cc(Cl)c(-c2nc(N)nc3c2CN(C(=O)Nc2ccc(Cl)cc2)C3)cc1OC. The number of fused-ring (bicyclic) bond motifs is 1. The zero-order valence-electron chi connectivity index (χ0n) is 15.9. The van der Waals surface area contributed by atoms with Crippen LogP contribution in [0.2, 0.25) is 10.0 Å². The maximum Gasteiger partial charge on any atom is 0.322 e. The molecular formula is C20H16BCl2N5O2. The topological polar surface area (TPSA) is 93.4 Å². The summed E-state index contributed by atoms with van der Waals surface area (Å²) in [6, 6.07) is 9.89. The fourth-order valence-electron chi connectivity index (χ4n) is 3.30. The standard InChI is InChI=1S/C20H16BCl2N5O2/c1-30-17-6-12(15(23)7-14(17)21)18-13-8-28(9-16(13)26-19(24)27-18)20(29)25-11-4-2-10(22)3-5-11/h2-7H,8-9H2,1H3,(H,25,29)(H2,24,26,27). The lowest BCUT2D eigenvalue weighted by molar-refractivity contribution is 0.212. The molecule has 4 rings (SSSR count). The van der Waals surface area contributed by atoms with E-state index >= 15 is 0 Å². The van der Waals surface area contributed by atoms with Gasteiger partial charge in [-0.3, -0.25) is 0 Å². The third-order valence-electron chi connectivity index (χ3n) is 4.76. The zero-order chi connectivity index (χ0) is 21.4. The molecule has 7 nitrogen and oxygen atoms in total. The molecule has 3 aromatic rings. The van der Waals surface area contributed by atoms with Gasteiger partial charge in [-0.2, -0.15) is 0 Å². The van der Waals surface area contributed by atoms with Crippen LogP contribution in [0.1, 0.15) is 11.3 Å². The number of anilines is 2. The van der Waals surface area contributed by atoms with Gasteiger partial charge < -0.3 is 20.7 Å². The molecule has 1 aliphatic heterocycles. The summed E-state index contributed by atoms with van der Waals surface area (Å²) in [5.74, 6) is 0.561. The molecule has 0 spiro atoms. The highest BCUT2D eigenvalue weighted by atomic mass is 35.5. The first kappa shape index (κ1) is 20.3. The number of benzene rings is 2. The zero-order valence-corrected chi connectivity index (χ0v) is 17.5. The van der Waals surface area contributed by atoms with Gasteiger partial charge in [-0.15, -0.1) is 0 Å². The van der Waals surface area contributed by atoms with Crippen molar-refractivity contribution < 1.29 is 9.53 Å². The number of carbonyl (C=O) groups is 1. The maximum atomic E-state index is 12.8. The predicted molar refractivity (Wildman–Crippen MR) is 119 cm³/mol. The van der Waals surface area contributed by atoms with Crippen molar-refractivity contribution in [3.8, 4) is 17.0 Å². The van der Waals surface area contributed by atoms with Crippen LogP contribution in [0.5, 0.6) is 5.75 Å². The first-order valence-corrected chi connectivity index (χ1v) is 9.71. The summed E-state index contributed by atoms with van der Waals surface area (Å²) in [4.78, 5) is 23.1. The number of ether oxygens (including phenoxy) is 1. The Morgan fingerprint density at radius 2 is 1.93 bits per heavy atom. The van der Waals surface area contributed by atoms with Crippen LogP contribution in [0.3, 0.4) is 0 Å². The number of carbonyl (C=O) groups excluding carboxylic acids is 1. The van der Waals surface area contributed by atoms with E-state index in [1.165, 1.54) is 7.11 Å². The molecular weight excluding hydrogens is 424 g/mol. The monoisotopic (exact) mass is 439 g/mol. The lowest BCUT2D eigenvalue weighted by Gasteiger charge is -2.16. The molecule has 2 radical (unpaired) electrons. The lowest BCUT2D eigenvalue weighted by Crippen LogP contribution is -2.30. The van der Waals surface area contributed by atoms with Crippen molar-refractivity contribution in [3.05, 3.63) is 57.7 Å². The van der Waals surface area contributed by atoms with Gasteiger partial charge in [0.05, 0.1) is 31.6 Å². The second-order valence-corrected chi connectivity index (χ2v) is 7.57. The summed E-state index contributed by atoms with van der Waals surface area (Å²) in [7, 11) is 7.45. The fourth-order valence-corrected chi connectivity index (χ4v) is 3.69. The Morgan fingerprint density at radius 1 is 1.20 bits per heavy atom. The second-order valence-electron chi connectivity index (χ2n) is 6.72. The summed E-state index contributed by atoms with van der Waals surface area (Å²) in [5, 5.41) is 3.83. The van der Waals surface area contributed by atoms with Crippen molar-refractivity contribution in [2.24, 2.45) is 0 Å². The Kier molecular flexibility index (Phi) is 5.45. The molecule has 0 bridgehead atoms. The number of halogens is 2. The van der Waals surface area contributed by atoms with Crippen LogP contribution in [0.25, 0.3) is 11.3 Å². The molecule has 0 unspecified atom stereocenters. The highest BCUT2D eigenvalue weighted by Gasteiger charge is 2.29. The first-order valence-electron chi connectivity index (χ1n) is 8.96. The Hall–Kier alpha value is -2.97. The minimum Gasteiger partial charge on any atom is -0.497 e. The fraction of sp³-hybridized carbons (Fsp3) is 0.150. The number of nitrogen functional groups attached to an aromatic ring is 1. The summed E-state index contributed by atoms with van der Waals surface area (Å²) >= 11 is 12.3.